The lowest BCUT2D eigenvalue weighted by Gasteiger charge is -2.14. The van der Waals surface area contributed by atoms with Crippen LogP contribution in [0.2, 0.25) is 0 Å². The molecular formula is C28H22IN3O6S. The van der Waals surface area contributed by atoms with E-state index in [1.54, 1.807) is 54.6 Å². The molecule has 39 heavy (non-hydrogen) atoms. The number of halogens is 1. The molecule has 0 spiro atoms. The average Bonchev–Trinajstić information content (AvgIpc) is 3.19. The molecule has 0 radical (unpaired) electrons. The van der Waals surface area contributed by atoms with E-state index in [1.807, 2.05) is 12.1 Å². The van der Waals surface area contributed by atoms with Gasteiger partial charge in [0.15, 0.2) is 11.5 Å². The molecule has 0 bridgehead atoms. The number of methoxy groups -OCH3 is 2. The van der Waals surface area contributed by atoms with Crippen LogP contribution in [0, 0.1) is 14.9 Å². The lowest BCUT2D eigenvalue weighted by molar-refractivity contribution is -0.127. The highest BCUT2D eigenvalue weighted by Crippen LogP contribution is 2.38. The summed E-state index contributed by atoms with van der Waals surface area (Å²) in [6.07, 6.45) is 1.57. The summed E-state index contributed by atoms with van der Waals surface area (Å²) in [5.74, 6) is 0.286. The average molecular weight is 655 g/mol. The van der Waals surface area contributed by atoms with E-state index >= 15 is 0 Å². The van der Waals surface area contributed by atoms with Crippen LogP contribution in [0.1, 0.15) is 16.7 Å². The molecule has 9 nitrogen and oxygen atoms in total. The summed E-state index contributed by atoms with van der Waals surface area (Å²) >= 11 is 2.85. The van der Waals surface area contributed by atoms with Crippen molar-refractivity contribution in [2.24, 2.45) is 0 Å². The maximum absolute atomic E-state index is 13.0. The first-order valence-corrected chi connectivity index (χ1v) is 13.4. The summed E-state index contributed by atoms with van der Waals surface area (Å²) in [4.78, 5) is 39.2. The van der Waals surface area contributed by atoms with Crippen molar-refractivity contribution in [2.75, 3.05) is 26.1 Å². The fraction of sp³-hybridized carbons (Fsp3) is 0.143. The third kappa shape index (κ3) is 6.52. The standard InChI is InChI=1S/C28H22IN3O6S/c1-36-22-10-6-5-9-21(22)31-25(33)15-32-27(34)24(39-28(32)35)13-17-11-20(29)26(23(12-17)37-2)38-16-19-8-4-3-7-18(19)14-30/h3-13H,15-16H2,1-2H3,(H,31,33)/b24-13+. The SMILES string of the molecule is COc1ccccc1NC(=O)CN1C(=O)S/C(=C/c2cc(I)c(OCc3ccccc3C#N)c(OC)c2)C1=O. The Morgan fingerprint density at radius 3 is 2.54 bits per heavy atom. The number of nitriles is 1. The molecule has 1 fully saturated rings. The number of nitrogens with zero attached hydrogens (tertiary/aromatic N) is 2. The van der Waals surface area contributed by atoms with Crippen LogP contribution >= 0.6 is 34.4 Å². The zero-order valence-corrected chi connectivity index (χ0v) is 23.9. The summed E-state index contributed by atoms with van der Waals surface area (Å²) in [6, 6.07) is 19.6. The maximum atomic E-state index is 13.0. The van der Waals surface area contributed by atoms with Crippen molar-refractivity contribution in [2.45, 2.75) is 6.61 Å². The number of rotatable bonds is 9. The van der Waals surface area contributed by atoms with Crippen LogP contribution in [0.25, 0.3) is 6.08 Å². The van der Waals surface area contributed by atoms with Gasteiger partial charge in [0.2, 0.25) is 5.91 Å². The summed E-state index contributed by atoms with van der Waals surface area (Å²) in [5.41, 5.74) is 2.32. The number of thioether (sulfide) groups is 1. The van der Waals surface area contributed by atoms with Gasteiger partial charge in [-0.2, -0.15) is 5.26 Å². The minimum absolute atomic E-state index is 0.172. The minimum atomic E-state index is -0.567. The van der Waals surface area contributed by atoms with E-state index in [9.17, 15) is 19.6 Å². The number of carbonyl (C=O) groups is 3. The number of benzene rings is 3. The molecule has 1 saturated heterocycles. The van der Waals surface area contributed by atoms with Crippen LogP contribution in [-0.2, 0) is 16.2 Å². The first-order valence-electron chi connectivity index (χ1n) is 11.5. The number of imide groups is 1. The molecule has 0 unspecified atom stereocenters. The van der Waals surface area contributed by atoms with Gasteiger partial charge in [0.25, 0.3) is 11.1 Å². The molecule has 1 N–H and O–H groups in total. The molecule has 0 atom stereocenters. The first-order chi connectivity index (χ1) is 18.8. The van der Waals surface area contributed by atoms with Gasteiger partial charge < -0.3 is 19.5 Å². The van der Waals surface area contributed by atoms with Gasteiger partial charge in [0.05, 0.1) is 40.0 Å². The number of carbonyl (C=O) groups excluding carboxylic acids is 3. The predicted molar refractivity (Wildman–Crippen MR) is 156 cm³/mol. The number of para-hydroxylation sites is 2. The van der Waals surface area contributed by atoms with Gasteiger partial charge in [0.1, 0.15) is 18.9 Å². The van der Waals surface area contributed by atoms with Crippen LogP contribution < -0.4 is 19.5 Å². The molecule has 0 saturated carbocycles. The van der Waals surface area contributed by atoms with E-state index in [0.717, 1.165) is 22.2 Å². The fourth-order valence-electron chi connectivity index (χ4n) is 3.74. The highest BCUT2D eigenvalue weighted by atomic mass is 127. The molecule has 3 aromatic rings. The Kier molecular flexibility index (Phi) is 9.11. The Balaban J connectivity index is 1.48. The van der Waals surface area contributed by atoms with Crippen molar-refractivity contribution in [1.82, 2.24) is 4.90 Å². The van der Waals surface area contributed by atoms with Crippen molar-refractivity contribution in [3.05, 3.63) is 85.8 Å². The van der Waals surface area contributed by atoms with E-state index in [1.165, 1.54) is 14.2 Å². The topological polar surface area (TPSA) is 118 Å². The van der Waals surface area contributed by atoms with Crippen molar-refractivity contribution in [3.8, 4) is 23.3 Å². The zero-order valence-electron chi connectivity index (χ0n) is 20.9. The van der Waals surface area contributed by atoms with E-state index in [0.29, 0.717) is 37.6 Å². The van der Waals surface area contributed by atoms with Crippen LogP contribution in [0.5, 0.6) is 17.2 Å². The second-order valence-electron chi connectivity index (χ2n) is 8.11. The number of hydrogen-bond acceptors (Lipinski definition) is 8. The quantitative estimate of drug-likeness (QED) is 0.240. The lowest BCUT2D eigenvalue weighted by atomic mass is 10.1. The lowest BCUT2D eigenvalue weighted by Crippen LogP contribution is -2.36. The van der Waals surface area contributed by atoms with Crippen molar-refractivity contribution < 1.29 is 28.6 Å². The maximum Gasteiger partial charge on any atom is 0.294 e. The third-order valence-corrected chi connectivity index (χ3v) is 7.32. The first kappa shape index (κ1) is 28.0. The van der Waals surface area contributed by atoms with Crippen molar-refractivity contribution >= 4 is 63.2 Å². The molecule has 0 aromatic heterocycles. The largest absolute Gasteiger partial charge is 0.495 e. The normalized spacial score (nSPS) is 13.8. The highest BCUT2D eigenvalue weighted by molar-refractivity contribution is 14.1. The molecule has 4 rings (SSSR count). The summed E-state index contributed by atoms with van der Waals surface area (Å²) < 4.78 is 17.4. The smallest absolute Gasteiger partial charge is 0.294 e. The van der Waals surface area contributed by atoms with Gasteiger partial charge in [-0.25, -0.2) is 0 Å². The van der Waals surface area contributed by atoms with E-state index < -0.39 is 23.6 Å². The predicted octanol–water partition coefficient (Wildman–Crippen LogP) is 5.43. The van der Waals surface area contributed by atoms with Gasteiger partial charge >= 0.3 is 0 Å². The van der Waals surface area contributed by atoms with E-state index in [4.69, 9.17) is 14.2 Å². The molecule has 3 aromatic carbocycles. The van der Waals surface area contributed by atoms with Crippen molar-refractivity contribution in [3.63, 3.8) is 0 Å². The van der Waals surface area contributed by atoms with Crippen LogP contribution in [0.4, 0.5) is 10.5 Å². The highest BCUT2D eigenvalue weighted by Gasteiger charge is 2.36. The van der Waals surface area contributed by atoms with Gasteiger partial charge in [-0.1, -0.05) is 30.3 Å². The Morgan fingerprint density at radius 2 is 1.79 bits per heavy atom. The Hall–Kier alpha value is -4.02. The van der Waals surface area contributed by atoms with E-state index in [2.05, 4.69) is 34.0 Å². The van der Waals surface area contributed by atoms with E-state index in [-0.39, 0.29) is 11.5 Å². The Labute approximate surface area is 242 Å². The second-order valence-corrected chi connectivity index (χ2v) is 10.3. The number of hydrogen-bond donors (Lipinski definition) is 1. The number of amides is 3. The Bertz CT molecular complexity index is 1520. The van der Waals surface area contributed by atoms with Gasteiger partial charge in [-0.05, 0) is 76.3 Å². The minimum Gasteiger partial charge on any atom is -0.495 e. The second kappa shape index (κ2) is 12.7. The number of ether oxygens (including phenoxy) is 3. The zero-order chi connectivity index (χ0) is 27.9. The molecule has 1 aliphatic heterocycles. The monoisotopic (exact) mass is 655 g/mol. The third-order valence-electron chi connectivity index (χ3n) is 5.62. The van der Waals surface area contributed by atoms with Crippen LogP contribution in [-0.4, -0.2) is 42.7 Å². The van der Waals surface area contributed by atoms with Crippen LogP contribution in [0.3, 0.4) is 0 Å². The molecule has 3 amide bonds. The Morgan fingerprint density at radius 1 is 1.08 bits per heavy atom. The molecule has 11 heteroatoms. The number of anilines is 1. The molecule has 1 aliphatic rings. The molecule has 1 heterocycles. The van der Waals surface area contributed by atoms with Gasteiger partial charge in [-0.3, -0.25) is 19.3 Å². The van der Waals surface area contributed by atoms with Crippen molar-refractivity contribution in [1.29, 1.82) is 5.26 Å². The molecular weight excluding hydrogens is 633 g/mol. The van der Waals surface area contributed by atoms with Gasteiger partial charge in [0, 0.05) is 5.56 Å². The van der Waals surface area contributed by atoms with Gasteiger partial charge in [-0.15, -0.1) is 0 Å². The fourth-order valence-corrected chi connectivity index (χ4v) is 5.36. The summed E-state index contributed by atoms with van der Waals surface area (Å²) in [5, 5.41) is 11.4. The van der Waals surface area contributed by atoms with Crippen LogP contribution in [0.15, 0.2) is 65.6 Å². The molecule has 0 aliphatic carbocycles. The summed E-state index contributed by atoms with van der Waals surface area (Å²) in [7, 11) is 2.98. The molecule has 198 valence electrons. The summed E-state index contributed by atoms with van der Waals surface area (Å²) in [6.45, 7) is -0.261. The number of nitrogens with one attached hydrogen (secondary N) is 1.